The van der Waals surface area contributed by atoms with Crippen LogP contribution in [-0.4, -0.2) is 35.8 Å². The van der Waals surface area contributed by atoms with E-state index in [1.165, 1.54) is 12.1 Å². The van der Waals surface area contributed by atoms with Crippen LogP contribution in [-0.2, 0) is 17.1 Å². The molecule has 1 aliphatic rings. The minimum Gasteiger partial charge on any atom is -0.350 e. The fourth-order valence-electron chi connectivity index (χ4n) is 3.95. The quantitative estimate of drug-likeness (QED) is 0.706. The van der Waals surface area contributed by atoms with E-state index in [9.17, 15) is 13.2 Å². The second-order valence-electron chi connectivity index (χ2n) is 7.60. The van der Waals surface area contributed by atoms with Crippen LogP contribution in [0.25, 0.3) is 10.9 Å². The molecule has 2 aromatic carbocycles. The average Bonchev–Trinajstić information content (AvgIpc) is 3.10. The van der Waals surface area contributed by atoms with Crippen LogP contribution in [0.2, 0.25) is 0 Å². The number of aryl methyl sites for hydroxylation is 1. The largest absolute Gasteiger partial charge is 0.350 e. The zero-order chi connectivity index (χ0) is 20.6. The lowest BCUT2D eigenvalue weighted by atomic mass is 10.1. The Morgan fingerprint density at radius 3 is 2.55 bits per heavy atom. The predicted molar refractivity (Wildman–Crippen MR) is 115 cm³/mol. The van der Waals surface area contributed by atoms with Crippen LogP contribution in [0.5, 0.6) is 0 Å². The summed E-state index contributed by atoms with van der Waals surface area (Å²) in [6.45, 7) is 2.50. The predicted octanol–water partition coefficient (Wildman–Crippen LogP) is 3.99. The maximum atomic E-state index is 12.9. The molecular formula is C22H25N3O3S. The number of hydrogen-bond acceptors (Lipinski definition) is 3. The van der Waals surface area contributed by atoms with Gasteiger partial charge in [0.1, 0.15) is 0 Å². The molecule has 0 spiro atoms. The normalized spacial score (nSPS) is 18.1. The van der Waals surface area contributed by atoms with Gasteiger partial charge in [-0.05, 0) is 62.2 Å². The molecule has 3 aromatic rings. The van der Waals surface area contributed by atoms with Gasteiger partial charge in [-0.15, -0.1) is 0 Å². The number of hydrogen-bond donors (Lipinski definition) is 1. The summed E-state index contributed by atoms with van der Waals surface area (Å²) >= 11 is 0. The Hall–Kier alpha value is -2.64. The molecule has 1 amide bonds. The van der Waals surface area contributed by atoms with Crippen molar-refractivity contribution in [2.75, 3.05) is 11.9 Å². The first-order chi connectivity index (χ1) is 13.9. The van der Waals surface area contributed by atoms with Gasteiger partial charge >= 0.3 is 0 Å². The van der Waals surface area contributed by atoms with Gasteiger partial charge in [0.15, 0.2) is 0 Å². The lowest BCUT2D eigenvalue weighted by molar-refractivity contribution is 0.102. The molecule has 1 atom stereocenters. The van der Waals surface area contributed by atoms with Crippen LogP contribution in [0.1, 0.15) is 36.5 Å². The van der Waals surface area contributed by atoms with Crippen molar-refractivity contribution in [3.8, 4) is 0 Å². The Morgan fingerprint density at radius 2 is 1.83 bits per heavy atom. The van der Waals surface area contributed by atoms with Crippen molar-refractivity contribution >= 4 is 32.5 Å². The summed E-state index contributed by atoms with van der Waals surface area (Å²) in [6, 6.07) is 13.9. The number of fused-ring (bicyclic) bond motifs is 1. The van der Waals surface area contributed by atoms with Gasteiger partial charge in [0.25, 0.3) is 5.91 Å². The lowest BCUT2D eigenvalue weighted by Gasteiger charge is -2.32. The average molecular weight is 412 g/mol. The van der Waals surface area contributed by atoms with Crippen LogP contribution < -0.4 is 5.32 Å². The third-order valence-electron chi connectivity index (χ3n) is 5.64. The van der Waals surface area contributed by atoms with Crippen LogP contribution in [0.3, 0.4) is 0 Å². The SMILES string of the molecule is CC1CCCCN1S(=O)(=O)c1ccc(C(=O)Nc2cccc3c2ccn3C)cc1. The number of piperidine rings is 1. The fraction of sp³-hybridized carbons (Fsp3) is 0.318. The topological polar surface area (TPSA) is 71.4 Å². The van der Waals surface area contributed by atoms with Crippen molar-refractivity contribution < 1.29 is 13.2 Å². The van der Waals surface area contributed by atoms with E-state index in [4.69, 9.17) is 0 Å². The minimum absolute atomic E-state index is 0.00286. The number of aromatic nitrogens is 1. The van der Waals surface area contributed by atoms with Gasteiger partial charge in [0, 0.05) is 42.3 Å². The van der Waals surface area contributed by atoms with Crippen LogP contribution >= 0.6 is 0 Å². The molecule has 29 heavy (non-hydrogen) atoms. The highest BCUT2D eigenvalue weighted by atomic mass is 32.2. The smallest absolute Gasteiger partial charge is 0.255 e. The fourth-order valence-corrected chi connectivity index (χ4v) is 5.65. The summed E-state index contributed by atoms with van der Waals surface area (Å²) in [5.41, 5.74) is 2.18. The second-order valence-corrected chi connectivity index (χ2v) is 9.49. The van der Waals surface area contributed by atoms with Gasteiger partial charge in [0.2, 0.25) is 10.0 Å². The third kappa shape index (κ3) is 3.68. The first-order valence-electron chi connectivity index (χ1n) is 9.85. The van der Waals surface area contributed by atoms with Gasteiger partial charge in [0.05, 0.1) is 10.6 Å². The number of nitrogens with one attached hydrogen (secondary N) is 1. The number of carbonyl (C=O) groups excluding carboxylic acids is 1. The van der Waals surface area contributed by atoms with Crippen molar-refractivity contribution in [1.29, 1.82) is 0 Å². The summed E-state index contributed by atoms with van der Waals surface area (Å²) in [6.07, 6.45) is 4.77. The molecule has 4 rings (SSSR count). The highest BCUT2D eigenvalue weighted by Gasteiger charge is 2.30. The molecule has 0 radical (unpaired) electrons. The Labute approximate surface area is 171 Å². The molecule has 7 heteroatoms. The van der Waals surface area contributed by atoms with Crippen molar-refractivity contribution in [3.63, 3.8) is 0 Å². The van der Waals surface area contributed by atoms with E-state index in [0.717, 1.165) is 35.9 Å². The van der Waals surface area contributed by atoms with Crippen LogP contribution in [0, 0.1) is 0 Å². The zero-order valence-corrected chi connectivity index (χ0v) is 17.4. The summed E-state index contributed by atoms with van der Waals surface area (Å²) in [5, 5.41) is 3.89. The molecule has 1 fully saturated rings. The van der Waals surface area contributed by atoms with E-state index in [1.807, 2.05) is 49.0 Å². The summed E-state index contributed by atoms with van der Waals surface area (Å²) < 4.78 is 29.4. The summed E-state index contributed by atoms with van der Waals surface area (Å²) in [5.74, 6) is -0.267. The van der Waals surface area contributed by atoms with Gasteiger partial charge in [-0.25, -0.2) is 8.42 Å². The number of sulfonamides is 1. The van der Waals surface area contributed by atoms with Crippen molar-refractivity contribution in [2.45, 2.75) is 37.1 Å². The molecule has 0 bridgehead atoms. The Morgan fingerprint density at radius 1 is 1.07 bits per heavy atom. The van der Waals surface area contributed by atoms with E-state index in [2.05, 4.69) is 5.32 Å². The second kappa shape index (κ2) is 7.65. The molecule has 152 valence electrons. The van der Waals surface area contributed by atoms with Crippen LogP contribution in [0.15, 0.2) is 59.6 Å². The van der Waals surface area contributed by atoms with E-state index < -0.39 is 10.0 Å². The number of nitrogens with zero attached hydrogens (tertiary/aromatic N) is 2. The van der Waals surface area contributed by atoms with Crippen molar-refractivity contribution in [3.05, 3.63) is 60.3 Å². The molecule has 0 aliphatic carbocycles. The first kappa shape index (κ1) is 19.7. The molecule has 1 unspecified atom stereocenters. The van der Waals surface area contributed by atoms with E-state index in [-0.39, 0.29) is 16.8 Å². The number of anilines is 1. The lowest BCUT2D eigenvalue weighted by Crippen LogP contribution is -2.41. The van der Waals surface area contributed by atoms with Gasteiger partial charge in [-0.1, -0.05) is 12.5 Å². The van der Waals surface area contributed by atoms with Crippen molar-refractivity contribution in [1.82, 2.24) is 8.87 Å². The minimum atomic E-state index is -3.54. The summed E-state index contributed by atoms with van der Waals surface area (Å²) in [4.78, 5) is 12.9. The Kier molecular flexibility index (Phi) is 5.19. The van der Waals surface area contributed by atoms with Crippen LogP contribution in [0.4, 0.5) is 5.69 Å². The maximum absolute atomic E-state index is 12.9. The Bertz CT molecular complexity index is 1150. The van der Waals surface area contributed by atoms with Crippen molar-refractivity contribution in [2.24, 2.45) is 7.05 Å². The highest BCUT2D eigenvalue weighted by molar-refractivity contribution is 7.89. The molecule has 1 aromatic heterocycles. The molecule has 1 N–H and O–H groups in total. The van der Waals surface area contributed by atoms with E-state index in [0.29, 0.717) is 12.1 Å². The van der Waals surface area contributed by atoms with Gasteiger partial charge in [-0.2, -0.15) is 4.31 Å². The monoisotopic (exact) mass is 411 g/mol. The number of carbonyl (C=O) groups is 1. The number of amides is 1. The van der Waals surface area contributed by atoms with Gasteiger partial charge < -0.3 is 9.88 Å². The molecule has 2 heterocycles. The molecule has 1 aliphatic heterocycles. The highest BCUT2D eigenvalue weighted by Crippen LogP contribution is 2.26. The zero-order valence-electron chi connectivity index (χ0n) is 16.6. The molecule has 0 saturated carbocycles. The Balaban J connectivity index is 1.55. The van der Waals surface area contributed by atoms with E-state index >= 15 is 0 Å². The van der Waals surface area contributed by atoms with E-state index in [1.54, 1.807) is 16.4 Å². The molecule has 1 saturated heterocycles. The number of rotatable bonds is 4. The molecular weight excluding hydrogens is 386 g/mol. The standard InChI is InChI=1S/C22H25N3O3S/c1-16-6-3-4-14-25(16)29(27,28)18-11-9-17(10-12-18)22(26)23-20-7-5-8-21-19(20)13-15-24(21)2/h5,7-13,15-16H,3-4,6,14H2,1-2H3,(H,23,26). The number of benzene rings is 2. The molecule has 6 nitrogen and oxygen atoms in total. The van der Waals surface area contributed by atoms with Gasteiger partial charge in [-0.3, -0.25) is 4.79 Å². The maximum Gasteiger partial charge on any atom is 0.255 e. The third-order valence-corrected chi connectivity index (χ3v) is 7.67. The summed E-state index contributed by atoms with van der Waals surface area (Å²) in [7, 11) is -1.59. The first-order valence-corrected chi connectivity index (χ1v) is 11.3.